The molecule has 1 amide bonds. The summed E-state index contributed by atoms with van der Waals surface area (Å²) in [7, 11) is 0. The molecule has 2 aliphatic heterocycles. The Hall–Kier alpha value is -1.14. The Kier molecular flexibility index (Phi) is 4.45. The molecule has 1 aromatic rings. The first-order valence-corrected chi connectivity index (χ1v) is 8.03. The number of halogens is 2. The number of hydrogen-bond donors (Lipinski definition) is 1. The number of nitrogens with one attached hydrogen (secondary N) is 1. The molecule has 0 spiro atoms. The number of amides is 1. The second-order valence-electron chi connectivity index (χ2n) is 5.63. The molecule has 1 aromatic carbocycles. The molecule has 6 heteroatoms. The predicted octanol–water partition coefficient (Wildman–Crippen LogP) is 2.32. The van der Waals surface area contributed by atoms with Crippen molar-refractivity contribution in [3.63, 3.8) is 0 Å². The van der Waals surface area contributed by atoms with Gasteiger partial charge in [0.15, 0.2) is 18.2 Å². The number of fused-ring (bicyclic) bond motifs is 2. The minimum Gasteiger partial charge on any atom is -0.481 e. The average molecular weight is 357 g/mol. The molecule has 4 nitrogen and oxygen atoms in total. The zero-order valence-corrected chi connectivity index (χ0v) is 13.2. The number of carbonyl (C=O) groups is 1. The topological polar surface area (TPSA) is 41.6 Å². The Morgan fingerprint density at radius 1 is 1.38 bits per heavy atom. The van der Waals surface area contributed by atoms with Crippen LogP contribution in [0.25, 0.3) is 0 Å². The molecule has 2 unspecified atom stereocenters. The first-order valence-electron chi connectivity index (χ1n) is 7.23. The maximum Gasteiger partial charge on any atom is 0.260 e. The van der Waals surface area contributed by atoms with Gasteiger partial charge in [-0.3, -0.25) is 4.79 Å². The van der Waals surface area contributed by atoms with E-state index in [1.54, 1.807) is 6.07 Å². The van der Waals surface area contributed by atoms with Crippen LogP contribution >= 0.6 is 15.9 Å². The SMILES string of the molecule is O=C(COc1ccc(Br)cc1F)N1CCC2CCC(C1)N2. The van der Waals surface area contributed by atoms with Crippen LogP contribution in [0.15, 0.2) is 22.7 Å². The van der Waals surface area contributed by atoms with E-state index in [-0.39, 0.29) is 18.3 Å². The maximum absolute atomic E-state index is 13.6. The second-order valence-corrected chi connectivity index (χ2v) is 6.55. The summed E-state index contributed by atoms with van der Waals surface area (Å²) in [5.74, 6) is -0.429. The van der Waals surface area contributed by atoms with Gasteiger partial charge >= 0.3 is 0 Å². The number of nitrogens with zero attached hydrogens (tertiary/aromatic N) is 1. The molecule has 0 saturated carbocycles. The van der Waals surface area contributed by atoms with Gasteiger partial charge in [0, 0.05) is 29.6 Å². The van der Waals surface area contributed by atoms with Crippen LogP contribution in [0.4, 0.5) is 4.39 Å². The van der Waals surface area contributed by atoms with Crippen LogP contribution in [0.3, 0.4) is 0 Å². The van der Waals surface area contributed by atoms with Crippen molar-refractivity contribution in [3.05, 3.63) is 28.5 Å². The third-order valence-electron chi connectivity index (χ3n) is 4.12. The molecule has 2 atom stereocenters. The molecule has 3 rings (SSSR count). The lowest BCUT2D eigenvalue weighted by Gasteiger charge is -2.24. The van der Waals surface area contributed by atoms with Crippen LogP contribution in [0, 0.1) is 5.82 Å². The van der Waals surface area contributed by atoms with Gasteiger partial charge in [-0.2, -0.15) is 0 Å². The van der Waals surface area contributed by atoms with E-state index in [4.69, 9.17) is 4.74 Å². The fourth-order valence-electron chi connectivity index (χ4n) is 2.99. The van der Waals surface area contributed by atoms with Crippen LogP contribution in [0.5, 0.6) is 5.75 Å². The smallest absolute Gasteiger partial charge is 0.260 e. The Morgan fingerprint density at radius 2 is 2.19 bits per heavy atom. The predicted molar refractivity (Wildman–Crippen MR) is 80.7 cm³/mol. The monoisotopic (exact) mass is 356 g/mol. The molecule has 0 radical (unpaired) electrons. The Bertz CT molecular complexity index is 540. The molecule has 2 aliphatic rings. The van der Waals surface area contributed by atoms with E-state index < -0.39 is 5.82 Å². The Balaban J connectivity index is 1.56. The van der Waals surface area contributed by atoms with Gasteiger partial charge in [-0.15, -0.1) is 0 Å². The maximum atomic E-state index is 13.6. The number of benzene rings is 1. The average Bonchev–Trinajstić information content (AvgIpc) is 2.77. The molecule has 0 aliphatic carbocycles. The van der Waals surface area contributed by atoms with E-state index >= 15 is 0 Å². The van der Waals surface area contributed by atoms with E-state index in [1.807, 2.05) is 4.90 Å². The molecule has 2 bridgehead atoms. The minimum atomic E-state index is -0.464. The summed E-state index contributed by atoms with van der Waals surface area (Å²) in [4.78, 5) is 14.0. The molecule has 1 N–H and O–H groups in total. The highest BCUT2D eigenvalue weighted by Crippen LogP contribution is 2.22. The van der Waals surface area contributed by atoms with Gasteiger partial charge in [0.25, 0.3) is 5.91 Å². The summed E-state index contributed by atoms with van der Waals surface area (Å²) >= 11 is 3.19. The lowest BCUT2D eigenvalue weighted by molar-refractivity contribution is -0.133. The highest BCUT2D eigenvalue weighted by Gasteiger charge is 2.31. The number of hydrogen-bond acceptors (Lipinski definition) is 3. The zero-order chi connectivity index (χ0) is 14.8. The molecule has 21 heavy (non-hydrogen) atoms. The lowest BCUT2D eigenvalue weighted by atomic mass is 10.1. The molecule has 2 saturated heterocycles. The van der Waals surface area contributed by atoms with E-state index in [9.17, 15) is 9.18 Å². The third-order valence-corrected chi connectivity index (χ3v) is 4.61. The summed E-state index contributed by atoms with van der Waals surface area (Å²) in [5, 5.41) is 3.53. The van der Waals surface area contributed by atoms with Crippen molar-refractivity contribution < 1.29 is 13.9 Å². The van der Waals surface area contributed by atoms with E-state index in [1.165, 1.54) is 18.6 Å². The van der Waals surface area contributed by atoms with Gasteiger partial charge in [0.05, 0.1) is 0 Å². The van der Waals surface area contributed by atoms with Gasteiger partial charge in [0.2, 0.25) is 0 Å². The number of likely N-dealkylation sites (tertiary alicyclic amines) is 1. The van der Waals surface area contributed by atoms with Gasteiger partial charge in [-0.05, 0) is 37.5 Å². The van der Waals surface area contributed by atoms with Gasteiger partial charge in [0.1, 0.15) is 0 Å². The van der Waals surface area contributed by atoms with Crippen LogP contribution in [0.1, 0.15) is 19.3 Å². The number of rotatable bonds is 3. The fraction of sp³-hybridized carbons (Fsp3) is 0.533. The van der Waals surface area contributed by atoms with E-state index in [0.29, 0.717) is 16.6 Å². The Labute approximate surface area is 131 Å². The summed E-state index contributed by atoms with van der Waals surface area (Å²) in [6.07, 6.45) is 3.30. The minimum absolute atomic E-state index is 0.0772. The summed E-state index contributed by atoms with van der Waals surface area (Å²) in [6, 6.07) is 5.48. The summed E-state index contributed by atoms with van der Waals surface area (Å²) in [5.41, 5.74) is 0. The molecular formula is C15H18BrFN2O2. The quantitative estimate of drug-likeness (QED) is 0.903. The molecule has 0 aromatic heterocycles. The largest absolute Gasteiger partial charge is 0.481 e. The van der Waals surface area contributed by atoms with E-state index in [2.05, 4.69) is 21.2 Å². The highest BCUT2D eigenvalue weighted by atomic mass is 79.9. The van der Waals surface area contributed by atoms with Gasteiger partial charge < -0.3 is 15.0 Å². The van der Waals surface area contributed by atoms with Crippen molar-refractivity contribution >= 4 is 21.8 Å². The van der Waals surface area contributed by atoms with Crippen molar-refractivity contribution in [3.8, 4) is 5.75 Å². The third kappa shape index (κ3) is 3.55. The second kappa shape index (κ2) is 6.32. The zero-order valence-electron chi connectivity index (χ0n) is 11.6. The van der Waals surface area contributed by atoms with Crippen LogP contribution in [-0.4, -0.2) is 42.6 Å². The lowest BCUT2D eigenvalue weighted by Crippen LogP contribution is -2.41. The van der Waals surface area contributed by atoms with Gasteiger partial charge in [-0.25, -0.2) is 4.39 Å². The van der Waals surface area contributed by atoms with Crippen molar-refractivity contribution in [2.75, 3.05) is 19.7 Å². The van der Waals surface area contributed by atoms with Crippen LogP contribution in [-0.2, 0) is 4.79 Å². The van der Waals surface area contributed by atoms with Crippen LogP contribution in [0.2, 0.25) is 0 Å². The molecule has 114 valence electrons. The van der Waals surface area contributed by atoms with Crippen molar-refractivity contribution in [1.29, 1.82) is 0 Å². The Morgan fingerprint density at radius 3 is 3.00 bits per heavy atom. The van der Waals surface area contributed by atoms with E-state index in [0.717, 1.165) is 25.9 Å². The van der Waals surface area contributed by atoms with Gasteiger partial charge in [-0.1, -0.05) is 15.9 Å². The summed E-state index contributed by atoms with van der Waals surface area (Å²) in [6.45, 7) is 1.36. The normalized spacial score (nSPS) is 24.8. The molecule has 2 fully saturated rings. The van der Waals surface area contributed by atoms with Crippen molar-refractivity contribution in [1.82, 2.24) is 10.2 Å². The summed E-state index contributed by atoms with van der Waals surface area (Å²) < 4.78 is 19.6. The number of carbonyl (C=O) groups excluding carboxylic acids is 1. The standard InChI is InChI=1S/C15H18BrFN2O2/c16-10-1-4-14(13(17)7-10)21-9-15(20)19-6-5-11-2-3-12(8-19)18-11/h1,4,7,11-12,18H,2-3,5-6,8-9H2. The highest BCUT2D eigenvalue weighted by molar-refractivity contribution is 9.10. The van der Waals surface area contributed by atoms with Crippen molar-refractivity contribution in [2.45, 2.75) is 31.3 Å². The fourth-order valence-corrected chi connectivity index (χ4v) is 3.33. The molecule has 2 heterocycles. The molecular weight excluding hydrogens is 339 g/mol. The first-order chi connectivity index (χ1) is 10.1. The first kappa shape index (κ1) is 14.8. The van der Waals surface area contributed by atoms with Crippen LogP contribution < -0.4 is 10.1 Å². The number of ether oxygens (including phenoxy) is 1. The van der Waals surface area contributed by atoms with Crippen molar-refractivity contribution in [2.24, 2.45) is 0 Å².